The highest BCUT2D eigenvalue weighted by Crippen LogP contribution is 2.31. The van der Waals surface area contributed by atoms with Crippen LogP contribution in [0, 0.1) is 10.1 Å². The number of non-ortho nitro benzene ring substituents is 1. The Balaban J connectivity index is 1.74. The number of nitro groups is 1. The smallest absolute Gasteiger partial charge is 0.289 e. The molecule has 0 spiro atoms. The molecule has 3 rings (SSSR count). The summed E-state index contributed by atoms with van der Waals surface area (Å²) in [4.78, 5) is 22.8. The van der Waals surface area contributed by atoms with Crippen molar-refractivity contribution in [2.75, 3.05) is 14.2 Å². The highest BCUT2D eigenvalue weighted by atomic mass is 16.6. The molecule has 10 nitrogen and oxygen atoms in total. The van der Waals surface area contributed by atoms with E-state index in [1.807, 2.05) is 0 Å². The molecule has 0 radical (unpaired) electrons. The number of nitrogens with zero attached hydrogens (tertiary/aromatic N) is 3. The van der Waals surface area contributed by atoms with Gasteiger partial charge in [0.2, 0.25) is 0 Å². The lowest BCUT2D eigenvalue weighted by atomic mass is 10.1. The molecular formula is C20H19N5O5. The van der Waals surface area contributed by atoms with Crippen LogP contribution >= 0.6 is 0 Å². The van der Waals surface area contributed by atoms with Crippen molar-refractivity contribution in [2.24, 2.45) is 5.10 Å². The summed E-state index contributed by atoms with van der Waals surface area (Å²) in [5, 5.41) is 21.7. The van der Waals surface area contributed by atoms with Crippen LogP contribution in [0.1, 0.15) is 23.0 Å². The molecule has 30 heavy (non-hydrogen) atoms. The first-order valence-corrected chi connectivity index (χ1v) is 8.80. The maximum Gasteiger partial charge on any atom is 0.289 e. The number of H-pyrrole nitrogens is 1. The standard InChI is InChI=1S/C20H19N5O5/c1-12(13-5-4-6-15(9-13)25(27)28)21-24-20(26)17-11-16(22-23-17)14-7-8-18(29-2)19(10-14)30-3/h4-11H,1-3H3,(H,22,23)(H,24,26). The fourth-order valence-corrected chi connectivity index (χ4v) is 2.69. The van der Waals surface area contributed by atoms with Crippen LogP contribution in [0.3, 0.4) is 0 Å². The summed E-state index contributed by atoms with van der Waals surface area (Å²) >= 11 is 0. The second kappa shape index (κ2) is 8.86. The summed E-state index contributed by atoms with van der Waals surface area (Å²) in [5.41, 5.74) is 4.79. The Bertz CT molecular complexity index is 1120. The van der Waals surface area contributed by atoms with Gasteiger partial charge in [0.15, 0.2) is 11.5 Å². The average molecular weight is 409 g/mol. The van der Waals surface area contributed by atoms with E-state index in [1.165, 1.54) is 19.2 Å². The van der Waals surface area contributed by atoms with Gasteiger partial charge in [-0.2, -0.15) is 10.2 Å². The van der Waals surface area contributed by atoms with Gasteiger partial charge in [-0.25, -0.2) is 5.43 Å². The number of carbonyl (C=O) groups is 1. The first-order chi connectivity index (χ1) is 14.4. The molecule has 2 aromatic carbocycles. The number of amides is 1. The van der Waals surface area contributed by atoms with Gasteiger partial charge in [0.05, 0.1) is 30.5 Å². The van der Waals surface area contributed by atoms with Crippen molar-refractivity contribution in [1.29, 1.82) is 0 Å². The second-order valence-electron chi connectivity index (χ2n) is 6.18. The highest BCUT2D eigenvalue weighted by Gasteiger charge is 2.13. The van der Waals surface area contributed by atoms with Crippen LogP contribution in [0.2, 0.25) is 0 Å². The molecule has 0 saturated carbocycles. The van der Waals surface area contributed by atoms with E-state index < -0.39 is 10.8 Å². The Hall–Kier alpha value is -4.21. The second-order valence-corrected chi connectivity index (χ2v) is 6.18. The van der Waals surface area contributed by atoms with Gasteiger partial charge in [-0.1, -0.05) is 12.1 Å². The molecule has 0 aliphatic carbocycles. The number of carbonyl (C=O) groups excluding carboxylic acids is 1. The van der Waals surface area contributed by atoms with Gasteiger partial charge in [0.1, 0.15) is 5.69 Å². The van der Waals surface area contributed by atoms with Crippen molar-refractivity contribution >= 4 is 17.3 Å². The van der Waals surface area contributed by atoms with Crippen molar-refractivity contribution in [2.45, 2.75) is 6.92 Å². The van der Waals surface area contributed by atoms with E-state index in [1.54, 1.807) is 50.4 Å². The monoisotopic (exact) mass is 409 g/mol. The molecule has 0 saturated heterocycles. The average Bonchev–Trinajstić information content (AvgIpc) is 3.27. The zero-order valence-corrected chi connectivity index (χ0v) is 16.5. The van der Waals surface area contributed by atoms with Gasteiger partial charge in [-0.05, 0) is 31.2 Å². The Morgan fingerprint density at radius 1 is 1.13 bits per heavy atom. The minimum absolute atomic E-state index is 0.0542. The molecule has 0 unspecified atom stereocenters. The number of nitro benzene ring substituents is 1. The molecule has 3 aromatic rings. The number of rotatable bonds is 7. The fourth-order valence-electron chi connectivity index (χ4n) is 2.69. The molecule has 154 valence electrons. The summed E-state index contributed by atoms with van der Waals surface area (Å²) in [6.45, 7) is 1.64. The molecule has 0 fully saturated rings. The summed E-state index contributed by atoms with van der Waals surface area (Å²) < 4.78 is 10.5. The number of hydrogen-bond donors (Lipinski definition) is 2. The van der Waals surface area contributed by atoms with E-state index in [0.717, 1.165) is 5.56 Å². The van der Waals surface area contributed by atoms with Crippen molar-refractivity contribution < 1.29 is 19.2 Å². The summed E-state index contributed by atoms with van der Waals surface area (Å²) in [5.74, 6) is 0.626. The Labute approximate surface area is 171 Å². The van der Waals surface area contributed by atoms with Gasteiger partial charge in [-0.15, -0.1) is 0 Å². The number of benzene rings is 2. The van der Waals surface area contributed by atoms with Gasteiger partial charge in [-0.3, -0.25) is 20.0 Å². The van der Waals surface area contributed by atoms with Crippen molar-refractivity contribution in [1.82, 2.24) is 15.6 Å². The van der Waals surface area contributed by atoms with Crippen molar-refractivity contribution in [3.05, 3.63) is 69.9 Å². The number of aromatic nitrogens is 2. The first-order valence-electron chi connectivity index (χ1n) is 8.80. The molecule has 0 bridgehead atoms. The quantitative estimate of drug-likeness (QED) is 0.350. The summed E-state index contributed by atoms with van der Waals surface area (Å²) in [6, 6.07) is 12.9. The first kappa shape index (κ1) is 20.5. The predicted octanol–water partition coefficient (Wildman–Crippen LogP) is 3.16. The lowest BCUT2D eigenvalue weighted by Gasteiger charge is -2.08. The normalized spacial score (nSPS) is 11.1. The third kappa shape index (κ3) is 4.43. The minimum atomic E-state index is -0.501. The summed E-state index contributed by atoms with van der Waals surface area (Å²) in [7, 11) is 3.08. The molecule has 0 aliphatic heterocycles. The Kier molecular flexibility index (Phi) is 6.06. The van der Waals surface area contributed by atoms with Crippen LogP contribution in [-0.2, 0) is 0 Å². The molecule has 2 N–H and O–H groups in total. The summed E-state index contributed by atoms with van der Waals surface area (Å²) in [6.07, 6.45) is 0. The van der Waals surface area contributed by atoms with Gasteiger partial charge >= 0.3 is 0 Å². The van der Waals surface area contributed by atoms with E-state index in [0.29, 0.717) is 28.5 Å². The highest BCUT2D eigenvalue weighted by molar-refractivity contribution is 6.01. The Morgan fingerprint density at radius 2 is 1.90 bits per heavy atom. The number of aromatic amines is 1. The van der Waals surface area contributed by atoms with E-state index in [2.05, 4.69) is 20.7 Å². The number of hydrazone groups is 1. The van der Waals surface area contributed by atoms with Gasteiger partial charge in [0, 0.05) is 23.3 Å². The largest absolute Gasteiger partial charge is 0.493 e. The molecule has 10 heteroatoms. The third-order valence-corrected chi connectivity index (χ3v) is 4.30. The van der Waals surface area contributed by atoms with Crippen molar-refractivity contribution in [3.63, 3.8) is 0 Å². The maximum atomic E-state index is 12.4. The van der Waals surface area contributed by atoms with E-state index >= 15 is 0 Å². The minimum Gasteiger partial charge on any atom is -0.493 e. The SMILES string of the molecule is COc1ccc(-c2cc(C(=O)NN=C(C)c3cccc([N+](=O)[O-])c3)[nH]n2)cc1OC. The van der Waals surface area contributed by atoms with Gasteiger partial charge in [0.25, 0.3) is 11.6 Å². The topological polar surface area (TPSA) is 132 Å². The molecule has 0 aliphatic rings. The predicted molar refractivity (Wildman–Crippen MR) is 110 cm³/mol. The van der Waals surface area contributed by atoms with E-state index in [4.69, 9.17) is 9.47 Å². The Morgan fingerprint density at radius 3 is 2.60 bits per heavy atom. The van der Waals surface area contributed by atoms with E-state index in [-0.39, 0.29) is 11.4 Å². The van der Waals surface area contributed by atoms with Crippen LogP contribution in [0.25, 0.3) is 11.3 Å². The van der Waals surface area contributed by atoms with Crippen LogP contribution in [-0.4, -0.2) is 41.0 Å². The van der Waals surface area contributed by atoms with Crippen LogP contribution in [0.15, 0.2) is 53.6 Å². The van der Waals surface area contributed by atoms with Crippen LogP contribution in [0.5, 0.6) is 11.5 Å². The molecular weight excluding hydrogens is 390 g/mol. The molecule has 1 heterocycles. The van der Waals surface area contributed by atoms with E-state index in [9.17, 15) is 14.9 Å². The fraction of sp³-hybridized carbons (Fsp3) is 0.150. The van der Waals surface area contributed by atoms with Crippen LogP contribution < -0.4 is 14.9 Å². The molecule has 1 amide bonds. The van der Waals surface area contributed by atoms with Crippen molar-refractivity contribution in [3.8, 4) is 22.8 Å². The maximum absolute atomic E-state index is 12.4. The zero-order valence-electron chi connectivity index (χ0n) is 16.5. The zero-order chi connectivity index (χ0) is 21.7. The molecule has 0 atom stereocenters. The number of methoxy groups -OCH3 is 2. The number of nitrogens with one attached hydrogen (secondary N) is 2. The van der Waals surface area contributed by atoms with Crippen LogP contribution in [0.4, 0.5) is 5.69 Å². The van der Waals surface area contributed by atoms with Gasteiger partial charge < -0.3 is 9.47 Å². The third-order valence-electron chi connectivity index (χ3n) is 4.30. The molecule has 1 aromatic heterocycles. The number of ether oxygens (including phenoxy) is 2. The number of hydrogen-bond acceptors (Lipinski definition) is 7. The lowest BCUT2D eigenvalue weighted by Crippen LogP contribution is -2.19. The lowest BCUT2D eigenvalue weighted by molar-refractivity contribution is -0.384.